The van der Waals surface area contributed by atoms with Gasteiger partial charge >= 0.3 is 0 Å². The molecular formula is C26H21NO2. The molecule has 0 unspecified atom stereocenters. The fraction of sp³-hybridized carbons (Fsp3) is 0.0385. The number of carbonyl (C=O) groups excluding carboxylic acids is 1. The summed E-state index contributed by atoms with van der Waals surface area (Å²) in [6, 6.07) is 35.2. The molecule has 0 bridgehead atoms. The van der Waals surface area contributed by atoms with Crippen LogP contribution in [0.5, 0.6) is 5.75 Å². The summed E-state index contributed by atoms with van der Waals surface area (Å²) in [6.07, 6.45) is 0. The van der Waals surface area contributed by atoms with E-state index in [0.29, 0.717) is 12.2 Å². The van der Waals surface area contributed by atoms with Gasteiger partial charge in [-0.3, -0.25) is 4.79 Å². The lowest BCUT2D eigenvalue weighted by atomic mass is 10.1. The third-order valence-electron chi connectivity index (χ3n) is 4.61. The van der Waals surface area contributed by atoms with Crippen molar-refractivity contribution in [1.82, 2.24) is 0 Å². The maximum Gasteiger partial charge on any atom is 0.255 e. The summed E-state index contributed by atoms with van der Waals surface area (Å²) in [4.78, 5) is 12.3. The van der Waals surface area contributed by atoms with Gasteiger partial charge in [-0.05, 0) is 53.1 Å². The smallest absolute Gasteiger partial charge is 0.255 e. The normalized spacial score (nSPS) is 10.3. The van der Waals surface area contributed by atoms with Crippen molar-refractivity contribution in [2.75, 3.05) is 5.32 Å². The van der Waals surface area contributed by atoms with Crippen molar-refractivity contribution in [2.45, 2.75) is 6.61 Å². The number of amides is 1. The molecule has 0 aliphatic rings. The van der Waals surface area contributed by atoms with E-state index < -0.39 is 0 Å². The predicted molar refractivity (Wildman–Crippen MR) is 117 cm³/mol. The van der Waals surface area contributed by atoms with Crippen LogP contribution in [-0.4, -0.2) is 5.91 Å². The summed E-state index contributed by atoms with van der Waals surface area (Å²) in [7, 11) is 0. The topological polar surface area (TPSA) is 38.3 Å². The lowest BCUT2D eigenvalue weighted by Crippen LogP contribution is -2.11. The molecule has 0 radical (unpaired) electrons. The summed E-state index contributed by atoms with van der Waals surface area (Å²) < 4.78 is 5.88. The van der Waals surface area contributed by atoms with Crippen molar-refractivity contribution >= 4 is 11.6 Å². The van der Waals surface area contributed by atoms with Crippen LogP contribution in [0.4, 0.5) is 5.69 Å². The highest BCUT2D eigenvalue weighted by Crippen LogP contribution is 2.22. The van der Waals surface area contributed by atoms with Crippen LogP contribution < -0.4 is 10.1 Å². The van der Waals surface area contributed by atoms with Gasteiger partial charge in [0.15, 0.2) is 0 Å². The van der Waals surface area contributed by atoms with Gasteiger partial charge in [-0.15, -0.1) is 0 Å². The minimum absolute atomic E-state index is 0.125. The van der Waals surface area contributed by atoms with Crippen LogP contribution in [0.25, 0.3) is 11.1 Å². The van der Waals surface area contributed by atoms with Crippen molar-refractivity contribution in [2.24, 2.45) is 0 Å². The molecule has 0 saturated heterocycles. The number of hydrogen-bond donors (Lipinski definition) is 1. The van der Waals surface area contributed by atoms with E-state index in [4.69, 9.17) is 4.74 Å². The van der Waals surface area contributed by atoms with E-state index in [9.17, 15) is 4.79 Å². The van der Waals surface area contributed by atoms with Crippen LogP contribution in [0.15, 0.2) is 109 Å². The second-order valence-corrected chi connectivity index (χ2v) is 6.70. The molecule has 4 aromatic rings. The number of carbonyl (C=O) groups is 1. The molecule has 0 saturated carbocycles. The van der Waals surface area contributed by atoms with Crippen LogP contribution in [0.2, 0.25) is 0 Å². The number of ether oxygens (including phenoxy) is 1. The Morgan fingerprint density at radius 3 is 1.90 bits per heavy atom. The molecule has 4 rings (SSSR count). The zero-order valence-corrected chi connectivity index (χ0v) is 15.9. The summed E-state index contributed by atoms with van der Waals surface area (Å²) in [5, 5.41) is 2.88. The van der Waals surface area contributed by atoms with E-state index in [1.807, 2.05) is 84.9 Å². The van der Waals surface area contributed by atoms with Gasteiger partial charge in [0.05, 0.1) is 0 Å². The molecule has 0 fully saturated rings. The Balaban J connectivity index is 1.34. The van der Waals surface area contributed by atoms with E-state index in [1.54, 1.807) is 0 Å². The van der Waals surface area contributed by atoms with Gasteiger partial charge in [-0.1, -0.05) is 72.8 Å². The molecule has 4 aromatic carbocycles. The van der Waals surface area contributed by atoms with Gasteiger partial charge < -0.3 is 10.1 Å². The molecule has 0 heterocycles. The first-order chi connectivity index (χ1) is 14.3. The van der Waals surface area contributed by atoms with Crippen LogP contribution in [0, 0.1) is 0 Å². The van der Waals surface area contributed by atoms with Gasteiger partial charge in [0, 0.05) is 11.3 Å². The molecule has 0 atom stereocenters. The minimum atomic E-state index is -0.125. The average molecular weight is 379 g/mol. The molecule has 3 heteroatoms. The number of hydrogen-bond acceptors (Lipinski definition) is 2. The van der Waals surface area contributed by atoms with E-state index in [2.05, 4.69) is 29.6 Å². The van der Waals surface area contributed by atoms with Crippen molar-refractivity contribution in [3.8, 4) is 16.9 Å². The molecule has 142 valence electrons. The second kappa shape index (κ2) is 8.89. The van der Waals surface area contributed by atoms with Gasteiger partial charge in [-0.25, -0.2) is 0 Å². The Bertz CT molecular complexity index is 1060. The summed E-state index contributed by atoms with van der Waals surface area (Å²) in [5.74, 6) is 0.691. The number of rotatable bonds is 6. The fourth-order valence-corrected chi connectivity index (χ4v) is 3.02. The SMILES string of the molecule is O=C(Nc1ccccc1)c1ccc(COc2ccc(-c3ccccc3)cc2)cc1. The first kappa shape index (κ1) is 18.5. The lowest BCUT2D eigenvalue weighted by Gasteiger charge is -2.09. The summed E-state index contributed by atoms with van der Waals surface area (Å²) in [6.45, 7) is 0.450. The summed E-state index contributed by atoms with van der Waals surface area (Å²) >= 11 is 0. The highest BCUT2D eigenvalue weighted by Gasteiger charge is 2.06. The third-order valence-corrected chi connectivity index (χ3v) is 4.61. The minimum Gasteiger partial charge on any atom is -0.489 e. The molecule has 29 heavy (non-hydrogen) atoms. The number of benzene rings is 4. The number of nitrogens with one attached hydrogen (secondary N) is 1. The van der Waals surface area contributed by atoms with Gasteiger partial charge in [0.25, 0.3) is 5.91 Å². The van der Waals surface area contributed by atoms with E-state index in [1.165, 1.54) is 5.56 Å². The number of para-hydroxylation sites is 1. The Kier molecular flexibility index (Phi) is 5.68. The van der Waals surface area contributed by atoms with E-state index in [0.717, 1.165) is 22.6 Å². The molecule has 1 amide bonds. The largest absolute Gasteiger partial charge is 0.489 e. The van der Waals surface area contributed by atoms with Crippen molar-refractivity contribution in [1.29, 1.82) is 0 Å². The van der Waals surface area contributed by atoms with E-state index in [-0.39, 0.29) is 5.91 Å². The van der Waals surface area contributed by atoms with Gasteiger partial charge in [0.1, 0.15) is 12.4 Å². The monoisotopic (exact) mass is 379 g/mol. The second-order valence-electron chi connectivity index (χ2n) is 6.70. The van der Waals surface area contributed by atoms with Crippen LogP contribution in [0.1, 0.15) is 15.9 Å². The molecular weight excluding hydrogens is 358 g/mol. The maximum absolute atomic E-state index is 12.3. The predicted octanol–water partition coefficient (Wildman–Crippen LogP) is 6.18. The van der Waals surface area contributed by atoms with Gasteiger partial charge in [-0.2, -0.15) is 0 Å². The molecule has 1 N–H and O–H groups in total. The third kappa shape index (κ3) is 4.90. The zero-order valence-electron chi connectivity index (χ0n) is 15.9. The Hall–Kier alpha value is -3.85. The van der Waals surface area contributed by atoms with Crippen molar-refractivity contribution in [3.63, 3.8) is 0 Å². The molecule has 0 spiro atoms. The molecule has 3 nitrogen and oxygen atoms in total. The summed E-state index contributed by atoms with van der Waals surface area (Å²) in [5.41, 5.74) is 4.75. The quantitative estimate of drug-likeness (QED) is 0.434. The number of anilines is 1. The Labute approximate surface area is 170 Å². The highest BCUT2D eigenvalue weighted by molar-refractivity contribution is 6.04. The molecule has 0 aliphatic heterocycles. The maximum atomic E-state index is 12.3. The average Bonchev–Trinajstić information content (AvgIpc) is 2.80. The zero-order chi connectivity index (χ0) is 19.9. The first-order valence-electron chi connectivity index (χ1n) is 9.51. The first-order valence-corrected chi connectivity index (χ1v) is 9.51. The van der Waals surface area contributed by atoms with E-state index >= 15 is 0 Å². The van der Waals surface area contributed by atoms with Crippen LogP contribution in [-0.2, 0) is 6.61 Å². The van der Waals surface area contributed by atoms with Crippen LogP contribution in [0.3, 0.4) is 0 Å². The molecule has 0 aliphatic carbocycles. The fourth-order valence-electron chi connectivity index (χ4n) is 3.02. The standard InChI is InChI=1S/C26H21NO2/c28-26(27-24-9-5-2-6-10-24)23-13-11-20(12-14-23)19-29-25-17-15-22(16-18-25)21-7-3-1-4-8-21/h1-18H,19H2,(H,27,28). The van der Waals surface area contributed by atoms with Crippen molar-refractivity contribution in [3.05, 3.63) is 120 Å². The highest BCUT2D eigenvalue weighted by atomic mass is 16.5. The Morgan fingerprint density at radius 1 is 0.655 bits per heavy atom. The molecule has 0 aromatic heterocycles. The van der Waals surface area contributed by atoms with Gasteiger partial charge in [0.2, 0.25) is 0 Å². The van der Waals surface area contributed by atoms with Crippen molar-refractivity contribution < 1.29 is 9.53 Å². The van der Waals surface area contributed by atoms with Crippen LogP contribution >= 0.6 is 0 Å². The lowest BCUT2D eigenvalue weighted by molar-refractivity contribution is 0.102. The Morgan fingerprint density at radius 2 is 1.24 bits per heavy atom.